The van der Waals surface area contributed by atoms with Gasteiger partial charge in [-0.15, -0.1) is 11.3 Å². The fourth-order valence-electron chi connectivity index (χ4n) is 2.37. The molecule has 1 aliphatic heterocycles. The van der Waals surface area contributed by atoms with Crippen LogP contribution in [0, 0.1) is 3.95 Å². The van der Waals surface area contributed by atoms with E-state index in [9.17, 15) is 9.90 Å². The van der Waals surface area contributed by atoms with E-state index < -0.39 is 14.4 Å². The molecule has 2 N–H and O–H groups in total. The molecule has 0 aliphatic carbocycles. The second kappa shape index (κ2) is 7.11. The van der Waals surface area contributed by atoms with Crippen LogP contribution in [0.4, 0.5) is 4.79 Å². The summed E-state index contributed by atoms with van der Waals surface area (Å²) < 4.78 is 7.02. The Morgan fingerprint density at radius 3 is 2.71 bits per heavy atom. The molecule has 1 atom stereocenters. The second-order valence-electron chi connectivity index (χ2n) is 7.66. The Balaban J connectivity index is 2.15. The van der Waals surface area contributed by atoms with Crippen LogP contribution in [-0.4, -0.2) is 48.6 Å². The Morgan fingerprint density at radius 1 is 1.54 bits per heavy atom. The van der Waals surface area contributed by atoms with Crippen LogP contribution < -0.4 is 0 Å². The van der Waals surface area contributed by atoms with Crippen LogP contribution in [0.5, 0.6) is 0 Å². The average Bonchev–Trinajstić information content (AvgIpc) is 2.90. The highest BCUT2D eigenvalue weighted by atomic mass is 32.1. The van der Waals surface area contributed by atoms with E-state index >= 15 is 0 Å². The average molecular weight is 387 g/mol. The maximum atomic E-state index is 11.6. The zero-order valence-electron chi connectivity index (χ0n) is 14.9. The van der Waals surface area contributed by atoms with Crippen molar-refractivity contribution in [2.24, 2.45) is 0 Å². The molecule has 134 valence electrons. The molecule has 0 radical (unpaired) electrons. The quantitative estimate of drug-likeness (QED) is 0.567. The van der Waals surface area contributed by atoms with Crippen LogP contribution in [0.2, 0.25) is 18.1 Å². The predicted molar refractivity (Wildman–Crippen MR) is 104 cm³/mol. The number of nitrogens with one attached hydrogen (secondary N) is 1. The van der Waals surface area contributed by atoms with Gasteiger partial charge in [0.25, 0.3) is 0 Å². The number of aromatic amines is 1. The SMILES string of the molecule is CC(C)(C)[Si](C)(C)OC[C@H]1CC(c2csc(=S)[nH]2)=CCN1C(=O)O. The van der Waals surface area contributed by atoms with Crippen molar-refractivity contribution >= 4 is 43.5 Å². The Bertz CT molecular complexity index is 688. The van der Waals surface area contributed by atoms with Crippen molar-refractivity contribution < 1.29 is 14.3 Å². The number of hydrogen-bond donors (Lipinski definition) is 2. The number of H-pyrrole nitrogens is 1. The molecule has 1 aromatic heterocycles. The largest absolute Gasteiger partial charge is 0.465 e. The van der Waals surface area contributed by atoms with Crippen molar-refractivity contribution in [1.82, 2.24) is 9.88 Å². The summed E-state index contributed by atoms with van der Waals surface area (Å²) in [6.07, 6.45) is 1.71. The van der Waals surface area contributed by atoms with Gasteiger partial charge in [0.1, 0.15) is 0 Å². The van der Waals surface area contributed by atoms with Gasteiger partial charge in [0, 0.05) is 11.9 Å². The van der Waals surface area contributed by atoms with Gasteiger partial charge in [0.2, 0.25) is 0 Å². The third-order valence-corrected chi connectivity index (χ3v) is 10.5. The predicted octanol–water partition coefficient (Wildman–Crippen LogP) is 4.96. The highest BCUT2D eigenvalue weighted by Gasteiger charge is 2.39. The fraction of sp³-hybridized carbons (Fsp3) is 0.625. The molecule has 0 fully saturated rings. The second-order valence-corrected chi connectivity index (χ2v) is 14.0. The number of carboxylic acid groups (broad SMARTS) is 1. The summed E-state index contributed by atoms with van der Waals surface area (Å²) in [4.78, 5) is 16.2. The molecule has 1 amide bonds. The fourth-order valence-corrected chi connectivity index (χ4v) is 4.27. The number of rotatable bonds is 4. The van der Waals surface area contributed by atoms with Gasteiger partial charge >= 0.3 is 6.09 Å². The van der Waals surface area contributed by atoms with E-state index in [4.69, 9.17) is 16.6 Å². The van der Waals surface area contributed by atoms with Gasteiger partial charge in [-0.2, -0.15) is 0 Å². The Labute approximate surface area is 153 Å². The molecule has 2 heterocycles. The van der Waals surface area contributed by atoms with Crippen LogP contribution in [0.15, 0.2) is 11.5 Å². The Kier molecular flexibility index (Phi) is 5.74. The molecular formula is C16H26N2O3S2Si. The molecule has 8 heteroatoms. The zero-order valence-corrected chi connectivity index (χ0v) is 17.5. The third-order valence-electron chi connectivity index (χ3n) is 4.99. The lowest BCUT2D eigenvalue weighted by Crippen LogP contribution is -2.49. The topological polar surface area (TPSA) is 65.6 Å². The lowest BCUT2D eigenvalue weighted by Gasteiger charge is -2.40. The standard InChI is InChI=1S/C16H26N2O3S2Si/c1-16(2,3)24(4,5)21-9-12-8-11(6-7-18(12)15(19)20)13-10-23-14(22)17-13/h6,10,12H,7-9H2,1-5H3,(H,17,22)(H,19,20)/t12-/m1/s1. The number of aromatic nitrogens is 1. The van der Waals surface area contributed by atoms with Gasteiger partial charge in [-0.3, -0.25) is 4.90 Å². The monoisotopic (exact) mass is 386 g/mol. The zero-order chi connectivity index (χ0) is 18.1. The minimum absolute atomic E-state index is 0.104. The minimum Gasteiger partial charge on any atom is -0.465 e. The van der Waals surface area contributed by atoms with Gasteiger partial charge < -0.3 is 14.5 Å². The van der Waals surface area contributed by atoms with Crippen molar-refractivity contribution in [3.8, 4) is 0 Å². The first kappa shape index (κ1) is 19.4. The molecule has 0 unspecified atom stereocenters. The lowest BCUT2D eigenvalue weighted by molar-refractivity contribution is 0.105. The summed E-state index contributed by atoms with van der Waals surface area (Å²) >= 11 is 6.64. The van der Waals surface area contributed by atoms with E-state index in [2.05, 4.69) is 38.8 Å². The number of carbonyl (C=O) groups is 1. The van der Waals surface area contributed by atoms with E-state index in [-0.39, 0.29) is 11.1 Å². The first-order valence-corrected chi connectivity index (χ1v) is 12.2. The molecule has 1 aliphatic rings. The first-order chi connectivity index (χ1) is 11.0. The van der Waals surface area contributed by atoms with Crippen molar-refractivity contribution in [2.75, 3.05) is 13.2 Å². The highest BCUT2D eigenvalue weighted by Crippen LogP contribution is 2.37. The molecule has 5 nitrogen and oxygen atoms in total. The van der Waals surface area contributed by atoms with Crippen LogP contribution in [-0.2, 0) is 4.43 Å². The van der Waals surface area contributed by atoms with E-state index in [1.165, 1.54) is 16.2 Å². The van der Waals surface area contributed by atoms with Crippen LogP contribution >= 0.6 is 23.6 Å². The molecule has 0 spiro atoms. The molecule has 0 saturated heterocycles. The maximum absolute atomic E-state index is 11.6. The smallest absolute Gasteiger partial charge is 0.407 e. The number of amides is 1. The summed E-state index contributed by atoms with van der Waals surface area (Å²) in [6.45, 7) is 11.8. The normalized spacial score (nSPS) is 19.3. The summed E-state index contributed by atoms with van der Waals surface area (Å²) in [6, 6.07) is -0.168. The minimum atomic E-state index is -1.91. The molecule has 0 bridgehead atoms. The van der Waals surface area contributed by atoms with Crippen LogP contribution in [0.3, 0.4) is 0 Å². The van der Waals surface area contributed by atoms with E-state index in [0.717, 1.165) is 15.2 Å². The molecular weight excluding hydrogens is 360 g/mol. The Hall–Kier alpha value is -0.963. The van der Waals surface area contributed by atoms with Crippen LogP contribution in [0.1, 0.15) is 32.9 Å². The van der Waals surface area contributed by atoms with Crippen molar-refractivity contribution in [1.29, 1.82) is 0 Å². The molecule has 0 saturated carbocycles. The summed E-state index contributed by atoms with van der Waals surface area (Å²) in [5.41, 5.74) is 2.11. The molecule has 2 rings (SSSR count). The molecule has 0 aromatic carbocycles. The molecule has 24 heavy (non-hydrogen) atoms. The summed E-state index contributed by atoms with van der Waals surface area (Å²) in [5.74, 6) is 0. The number of thiazole rings is 1. The summed E-state index contributed by atoms with van der Waals surface area (Å²) in [5, 5.41) is 11.6. The van der Waals surface area contributed by atoms with Crippen molar-refractivity contribution in [3.63, 3.8) is 0 Å². The van der Waals surface area contributed by atoms with Crippen molar-refractivity contribution in [2.45, 2.75) is 51.4 Å². The van der Waals surface area contributed by atoms with Gasteiger partial charge in [0.15, 0.2) is 12.3 Å². The Morgan fingerprint density at radius 2 is 2.21 bits per heavy atom. The van der Waals surface area contributed by atoms with Gasteiger partial charge in [-0.25, -0.2) is 4.79 Å². The molecule has 1 aromatic rings. The number of hydrogen-bond acceptors (Lipinski definition) is 4. The third kappa shape index (κ3) is 4.36. The van der Waals surface area contributed by atoms with Gasteiger partial charge in [-0.05, 0) is 42.3 Å². The van der Waals surface area contributed by atoms with Gasteiger partial charge in [-0.1, -0.05) is 26.8 Å². The summed E-state index contributed by atoms with van der Waals surface area (Å²) in [7, 11) is -1.91. The van der Waals surface area contributed by atoms with Crippen LogP contribution in [0.25, 0.3) is 5.57 Å². The maximum Gasteiger partial charge on any atom is 0.407 e. The lowest BCUT2D eigenvalue weighted by atomic mass is 9.99. The number of nitrogens with zero attached hydrogens (tertiary/aromatic N) is 1. The highest BCUT2D eigenvalue weighted by molar-refractivity contribution is 7.73. The van der Waals surface area contributed by atoms with E-state index in [1.54, 1.807) is 0 Å². The van der Waals surface area contributed by atoms with Crippen molar-refractivity contribution in [3.05, 3.63) is 21.1 Å². The first-order valence-electron chi connectivity index (χ1n) is 8.02. The van der Waals surface area contributed by atoms with E-state index in [1.807, 2.05) is 11.5 Å². The van der Waals surface area contributed by atoms with E-state index in [0.29, 0.717) is 19.6 Å². The van der Waals surface area contributed by atoms with Gasteiger partial charge in [0.05, 0.1) is 18.3 Å².